The second-order valence-corrected chi connectivity index (χ2v) is 5.06. The van der Waals surface area contributed by atoms with E-state index < -0.39 is 29.3 Å². The lowest BCUT2D eigenvalue weighted by atomic mass is 10.0. The van der Waals surface area contributed by atoms with Crippen LogP contribution in [0.3, 0.4) is 0 Å². The van der Waals surface area contributed by atoms with Crippen LogP contribution in [-0.4, -0.2) is 17.8 Å². The van der Waals surface area contributed by atoms with Crippen molar-refractivity contribution >= 4 is 17.3 Å². The Labute approximate surface area is 115 Å². The molecule has 0 aliphatic rings. The van der Waals surface area contributed by atoms with Crippen molar-refractivity contribution in [1.29, 1.82) is 0 Å². The number of thiophene rings is 1. The van der Waals surface area contributed by atoms with E-state index in [1.54, 1.807) is 0 Å². The minimum absolute atomic E-state index is 0.102. The summed E-state index contributed by atoms with van der Waals surface area (Å²) in [6.07, 6.45) is 0. The van der Waals surface area contributed by atoms with Gasteiger partial charge in [0, 0.05) is 5.56 Å². The van der Waals surface area contributed by atoms with Crippen LogP contribution in [0.15, 0.2) is 30.3 Å². The first-order valence-corrected chi connectivity index (χ1v) is 6.24. The molecule has 20 heavy (non-hydrogen) atoms. The first kappa shape index (κ1) is 14.5. The first-order chi connectivity index (χ1) is 9.35. The fraction of sp³-hybridized carbons (Fsp3) is 0.154. The monoisotopic (exact) mass is 304 g/mol. The van der Waals surface area contributed by atoms with Gasteiger partial charge in [0.25, 0.3) is 0 Å². The summed E-state index contributed by atoms with van der Waals surface area (Å²) in [7, 11) is 0. The molecular weight excluding hydrogens is 296 g/mol. The molecule has 0 aliphatic heterocycles. The van der Waals surface area contributed by atoms with E-state index in [1.807, 2.05) is 0 Å². The zero-order valence-electron chi connectivity index (χ0n) is 9.87. The van der Waals surface area contributed by atoms with Crippen molar-refractivity contribution < 1.29 is 27.5 Å². The average Bonchev–Trinajstić information content (AvgIpc) is 2.85. The van der Waals surface area contributed by atoms with E-state index in [4.69, 9.17) is 5.11 Å². The van der Waals surface area contributed by atoms with Crippen LogP contribution in [-0.2, 0) is 5.92 Å². The molecule has 0 spiro atoms. The molecule has 0 bridgehead atoms. The van der Waals surface area contributed by atoms with Gasteiger partial charge in [-0.15, -0.1) is 11.3 Å². The second-order valence-electron chi connectivity index (χ2n) is 4.00. The smallest absolute Gasteiger partial charge is 0.345 e. The van der Waals surface area contributed by atoms with Gasteiger partial charge in [-0.1, -0.05) is 12.1 Å². The van der Waals surface area contributed by atoms with E-state index in [2.05, 4.69) is 0 Å². The highest BCUT2D eigenvalue weighted by molar-refractivity contribution is 7.14. The van der Waals surface area contributed by atoms with E-state index in [0.29, 0.717) is 11.3 Å². The van der Waals surface area contributed by atoms with Crippen molar-refractivity contribution in [3.8, 4) is 11.1 Å². The summed E-state index contributed by atoms with van der Waals surface area (Å²) >= 11 is 0.315. The quantitative estimate of drug-likeness (QED) is 0.854. The van der Waals surface area contributed by atoms with Crippen LogP contribution in [0.4, 0.5) is 17.6 Å². The van der Waals surface area contributed by atoms with Gasteiger partial charge < -0.3 is 5.11 Å². The number of carboxylic acids is 1. The maximum absolute atomic E-state index is 13.6. The predicted octanol–water partition coefficient (Wildman–Crippen LogP) is 4.31. The summed E-state index contributed by atoms with van der Waals surface area (Å²) in [5.41, 5.74) is 0.105. The Kier molecular flexibility index (Phi) is 3.80. The molecule has 2 aromatic rings. The van der Waals surface area contributed by atoms with Crippen molar-refractivity contribution in [2.45, 2.75) is 5.92 Å². The summed E-state index contributed by atoms with van der Waals surface area (Å²) in [5.74, 6) is -5.71. The van der Waals surface area contributed by atoms with Crippen molar-refractivity contribution in [2.24, 2.45) is 0 Å². The second kappa shape index (κ2) is 5.24. The molecule has 2 nitrogen and oxygen atoms in total. The number of rotatable bonds is 4. The van der Waals surface area contributed by atoms with Gasteiger partial charge in [0.15, 0.2) is 6.67 Å². The van der Waals surface area contributed by atoms with Crippen LogP contribution in [0.2, 0.25) is 0 Å². The Morgan fingerprint density at radius 2 is 1.85 bits per heavy atom. The summed E-state index contributed by atoms with van der Waals surface area (Å²) in [5, 5.41) is 8.86. The fourth-order valence-electron chi connectivity index (χ4n) is 1.67. The Balaban J connectivity index is 2.61. The molecule has 0 saturated carbocycles. The molecule has 0 fully saturated rings. The molecule has 1 aromatic carbocycles. The number of alkyl halides is 3. The van der Waals surface area contributed by atoms with Crippen molar-refractivity contribution in [3.63, 3.8) is 0 Å². The maximum atomic E-state index is 13.6. The molecule has 0 amide bonds. The molecule has 0 aliphatic carbocycles. The number of hydrogen-bond acceptors (Lipinski definition) is 2. The molecule has 106 valence electrons. The van der Waals surface area contributed by atoms with Crippen LogP contribution in [0, 0.1) is 5.82 Å². The maximum Gasteiger partial charge on any atom is 0.345 e. The standard InChI is InChI=1S/C13H8F4O2S/c14-6-13(16,17)11-9(5-10(20-11)12(18)19)7-1-3-8(15)4-2-7/h1-5H,6H2,(H,18,19). The number of halogens is 4. The third-order valence-electron chi connectivity index (χ3n) is 2.60. The normalized spacial score (nSPS) is 11.6. The molecule has 7 heteroatoms. The van der Waals surface area contributed by atoms with Gasteiger partial charge >= 0.3 is 11.9 Å². The van der Waals surface area contributed by atoms with Crippen LogP contribution < -0.4 is 0 Å². The highest BCUT2D eigenvalue weighted by Crippen LogP contribution is 2.42. The first-order valence-electron chi connectivity index (χ1n) is 5.42. The lowest BCUT2D eigenvalue weighted by Crippen LogP contribution is -2.14. The van der Waals surface area contributed by atoms with Crippen molar-refractivity contribution in [3.05, 3.63) is 45.9 Å². The summed E-state index contributed by atoms with van der Waals surface area (Å²) in [4.78, 5) is 9.88. The number of carbonyl (C=O) groups is 1. The van der Waals surface area contributed by atoms with Gasteiger partial charge in [0.1, 0.15) is 10.7 Å². The van der Waals surface area contributed by atoms with Gasteiger partial charge in [-0.2, -0.15) is 8.78 Å². The Bertz CT molecular complexity index is 634. The van der Waals surface area contributed by atoms with E-state index >= 15 is 0 Å². The molecular formula is C13H8F4O2S. The highest BCUT2D eigenvalue weighted by Gasteiger charge is 2.37. The fourth-order valence-corrected chi connectivity index (χ4v) is 2.65. The van der Waals surface area contributed by atoms with Gasteiger partial charge in [-0.3, -0.25) is 0 Å². The summed E-state index contributed by atoms with van der Waals surface area (Å²) in [6.45, 7) is -1.93. The predicted molar refractivity (Wildman–Crippen MR) is 66.5 cm³/mol. The summed E-state index contributed by atoms with van der Waals surface area (Å²) < 4.78 is 52.4. The van der Waals surface area contributed by atoms with Gasteiger partial charge in [-0.25, -0.2) is 13.6 Å². The van der Waals surface area contributed by atoms with Crippen molar-refractivity contribution in [2.75, 3.05) is 6.67 Å². The van der Waals surface area contributed by atoms with E-state index in [-0.39, 0.29) is 16.0 Å². The van der Waals surface area contributed by atoms with Crippen LogP contribution in [0.5, 0.6) is 0 Å². The Morgan fingerprint density at radius 3 is 2.35 bits per heavy atom. The lowest BCUT2D eigenvalue weighted by Gasteiger charge is -2.12. The Morgan fingerprint density at radius 1 is 1.25 bits per heavy atom. The minimum Gasteiger partial charge on any atom is -0.477 e. The van der Waals surface area contributed by atoms with Crippen LogP contribution in [0.25, 0.3) is 11.1 Å². The molecule has 1 aromatic heterocycles. The molecule has 0 unspecified atom stereocenters. The lowest BCUT2D eigenvalue weighted by molar-refractivity contribution is -0.0240. The van der Waals surface area contributed by atoms with Crippen LogP contribution >= 0.6 is 11.3 Å². The van der Waals surface area contributed by atoms with E-state index in [9.17, 15) is 22.4 Å². The molecule has 0 saturated heterocycles. The third kappa shape index (κ3) is 2.67. The summed E-state index contributed by atoms with van der Waals surface area (Å²) in [6, 6.07) is 5.64. The zero-order valence-corrected chi connectivity index (χ0v) is 10.7. The third-order valence-corrected chi connectivity index (χ3v) is 3.83. The number of hydrogen-bond donors (Lipinski definition) is 1. The van der Waals surface area contributed by atoms with Gasteiger partial charge in [0.2, 0.25) is 0 Å². The molecule has 1 N–H and O–H groups in total. The van der Waals surface area contributed by atoms with Crippen molar-refractivity contribution in [1.82, 2.24) is 0 Å². The zero-order chi connectivity index (χ0) is 14.9. The van der Waals surface area contributed by atoms with E-state index in [1.165, 1.54) is 12.1 Å². The topological polar surface area (TPSA) is 37.3 Å². The van der Waals surface area contributed by atoms with E-state index in [0.717, 1.165) is 18.2 Å². The number of aromatic carboxylic acids is 1. The molecule has 1 heterocycles. The molecule has 0 radical (unpaired) electrons. The minimum atomic E-state index is -3.78. The SMILES string of the molecule is O=C(O)c1cc(-c2ccc(F)cc2)c(C(F)(F)CF)s1. The molecule has 0 atom stereocenters. The molecule has 2 rings (SSSR count). The van der Waals surface area contributed by atoms with Gasteiger partial charge in [-0.05, 0) is 23.8 Å². The van der Waals surface area contributed by atoms with Crippen LogP contribution in [0.1, 0.15) is 14.5 Å². The number of benzene rings is 1. The highest BCUT2D eigenvalue weighted by atomic mass is 32.1. The average molecular weight is 304 g/mol. The Hall–Kier alpha value is -1.89. The number of carboxylic acid groups (broad SMARTS) is 1. The largest absolute Gasteiger partial charge is 0.477 e. The van der Waals surface area contributed by atoms with Gasteiger partial charge in [0.05, 0.1) is 4.88 Å².